The molecule has 12 heavy (non-hydrogen) atoms. The molecule has 3 nitrogen and oxygen atoms in total. The Kier molecular flexibility index (Phi) is 1.80. The lowest BCUT2D eigenvalue weighted by atomic mass is 10.2. The Balaban J connectivity index is 2.55. The van der Waals surface area contributed by atoms with E-state index in [0.717, 1.165) is 23.1 Å². The van der Waals surface area contributed by atoms with Crippen LogP contribution in [0.4, 0.5) is 0 Å². The average molecular weight is 162 g/mol. The fourth-order valence-corrected chi connectivity index (χ4v) is 1.26. The summed E-state index contributed by atoms with van der Waals surface area (Å²) in [6, 6.07) is 7.80. The van der Waals surface area contributed by atoms with Gasteiger partial charge in [-0.25, -0.2) is 0 Å². The Morgan fingerprint density at radius 2 is 2.17 bits per heavy atom. The molecule has 1 aromatic heterocycles. The van der Waals surface area contributed by atoms with Gasteiger partial charge in [-0.2, -0.15) is 0 Å². The fraction of sp³-hybridized carbons (Fsp3) is 0.222. The molecule has 0 aliphatic carbocycles. The van der Waals surface area contributed by atoms with Gasteiger partial charge >= 0.3 is 0 Å². The quantitative estimate of drug-likeness (QED) is 0.724. The first-order valence-corrected chi connectivity index (χ1v) is 3.95. The van der Waals surface area contributed by atoms with Crippen molar-refractivity contribution in [3.8, 4) is 0 Å². The minimum atomic E-state index is 0.608. The number of nitrogens with two attached hydrogens (primary N) is 1. The van der Waals surface area contributed by atoms with Crippen LogP contribution in [-0.4, -0.2) is 11.7 Å². The molecule has 2 N–H and O–H groups in total. The van der Waals surface area contributed by atoms with Gasteiger partial charge in [0, 0.05) is 11.8 Å². The molecule has 2 aromatic rings. The Hall–Kier alpha value is -1.35. The van der Waals surface area contributed by atoms with E-state index < -0.39 is 0 Å². The summed E-state index contributed by atoms with van der Waals surface area (Å²) in [6.45, 7) is 0.608. The van der Waals surface area contributed by atoms with Gasteiger partial charge in [0.05, 0.1) is 5.69 Å². The molecule has 2 rings (SSSR count). The van der Waals surface area contributed by atoms with Gasteiger partial charge in [0.25, 0.3) is 0 Å². The normalized spacial score (nSPS) is 10.8. The molecule has 0 amide bonds. The highest BCUT2D eigenvalue weighted by molar-refractivity contribution is 5.79. The molecule has 0 aliphatic rings. The van der Waals surface area contributed by atoms with Crippen molar-refractivity contribution in [3.63, 3.8) is 0 Å². The van der Waals surface area contributed by atoms with Crippen LogP contribution >= 0.6 is 0 Å². The second kappa shape index (κ2) is 2.95. The molecule has 3 heteroatoms. The summed E-state index contributed by atoms with van der Waals surface area (Å²) in [6.07, 6.45) is 0.775. The van der Waals surface area contributed by atoms with Crippen molar-refractivity contribution in [3.05, 3.63) is 30.0 Å². The average Bonchev–Trinajstić information content (AvgIpc) is 2.50. The van der Waals surface area contributed by atoms with Gasteiger partial charge < -0.3 is 10.3 Å². The molecule has 0 radical (unpaired) electrons. The molecular formula is C9H10N2O. The summed E-state index contributed by atoms with van der Waals surface area (Å²) >= 11 is 0. The number of hydrogen-bond acceptors (Lipinski definition) is 3. The third kappa shape index (κ3) is 1.08. The highest BCUT2D eigenvalue weighted by Crippen LogP contribution is 2.17. The number of para-hydroxylation sites is 1. The minimum Gasteiger partial charge on any atom is -0.356 e. The highest BCUT2D eigenvalue weighted by Gasteiger charge is 2.04. The SMILES string of the molecule is NCCc1noc2ccccc12. The molecule has 0 saturated carbocycles. The van der Waals surface area contributed by atoms with Crippen LogP contribution in [0.15, 0.2) is 28.8 Å². The number of benzene rings is 1. The van der Waals surface area contributed by atoms with Gasteiger partial charge in [0.2, 0.25) is 0 Å². The first-order valence-electron chi connectivity index (χ1n) is 3.95. The van der Waals surface area contributed by atoms with Crippen LogP contribution < -0.4 is 5.73 Å². The van der Waals surface area contributed by atoms with Crippen LogP contribution in [0.5, 0.6) is 0 Å². The second-order valence-corrected chi connectivity index (χ2v) is 2.66. The molecule has 0 aliphatic heterocycles. The molecule has 0 spiro atoms. The van der Waals surface area contributed by atoms with Crippen molar-refractivity contribution in [2.24, 2.45) is 5.73 Å². The Morgan fingerprint density at radius 1 is 1.33 bits per heavy atom. The topological polar surface area (TPSA) is 52.0 Å². The number of rotatable bonds is 2. The first-order chi connectivity index (χ1) is 5.92. The van der Waals surface area contributed by atoms with Crippen molar-refractivity contribution in [1.82, 2.24) is 5.16 Å². The zero-order valence-corrected chi connectivity index (χ0v) is 6.66. The highest BCUT2D eigenvalue weighted by atomic mass is 16.5. The van der Waals surface area contributed by atoms with Crippen LogP contribution in [0.1, 0.15) is 5.69 Å². The maximum atomic E-state index is 5.43. The molecule has 0 saturated heterocycles. The molecule has 1 heterocycles. The van der Waals surface area contributed by atoms with E-state index in [4.69, 9.17) is 10.3 Å². The van der Waals surface area contributed by atoms with Crippen molar-refractivity contribution >= 4 is 11.0 Å². The van der Waals surface area contributed by atoms with E-state index in [-0.39, 0.29) is 0 Å². The lowest BCUT2D eigenvalue weighted by Gasteiger charge is -1.89. The molecular weight excluding hydrogens is 152 g/mol. The van der Waals surface area contributed by atoms with Crippen molar-refractivity contribution in [1.29, 1.82) is 0 Å². The van der Waals surface area contributed by atoms with Gasteiger partial charge in [0.1, 0.15) is 0 Å². The fourth-order valence-electron chi connectivity index (χ4n) is 1.26. The van der Waals surface area contributed by atoms with Crippen LogP contribution in [0, 0.1) is 0 Å². The summed E-state index contributed by atoms with van der Waals surface area (Å²) in [5.41, 5.74) is 7.22. The summed E-state index contributed by atoms with van der Waals surface area (Å²) in [5, 5.41) is 5.00. The van der Waals surface area contributed by atoms with Crippen molar-refractivity contribution in [2.75, 3.05) is 6.54 Å². The Labute approximate surface area is 70.1 Å². The number of aromatic nitrogens is 1. The first kappa shape index (κ1) is 7.31. The van der Waals surface area contributed by atoms with Gasteiger partial charge in [-0.3, -0.25) is 0 Å². The van der Waals surface area contributed by atoms with Gasteiger partial charge in [-0.1, -0.05) is 17.3 Å². The summed E-state index contributed by atoms with van der Waals surface area (Å²) < 4.78 is 5.10. The van der Waals surface area contributed by atoms with E-state index in [1.54, 1.807) is 0 Å². The number of fused-ring (bicyclic) bond motifs is 1. The third-order valence-corrected chi connectivity index (χ3v) is 1.83. The van der Waals surface area contributed by atoms with Crippen LogP contribution in [0.2, 0.25) is 0 Å². The van der Waals surface area contributed by atoms with Gasteiger partial charge in [-0.15, -0.1) is 0 Å². The molecule has 0 fully saturated rings. The molecule has 0 bridgehead atoms. The molecule has 0 unspecified atom stereocenters. The standard InChI is InChI=1S/C9H10N2O/c10-6-5-8-7-3-1-2-4-9(7)12-11-8/h1-4H,5-6,10H2. The monoisotopic (exact) mass is 162 g/mol. The maximum absolute atomic E-state index is 5.43. The zero-order chi connectivity index (χ0) is 8.39. The predicted octanol–water partition coefficient (Wildman–Crippen LogP) is 1.33. The summed E-state index contributed by atoms with van der Waals surface area (Å²) in [4.78, 5) is 0. The second-order valence-electron chi connectivity index (χ2n) is 2.66. The van der Waals surface area contributed by atoms with Gasteiger partial charge in [0.15, 0.2) is 5.58 Å². The van der Waals surface area contributed by atoms with Crippen LogP contribution in [0.25, 0.3) is 11.0 Å². The number of nitrogens with zero attached hydrogens (tertiary/aromatic N) is 1. The maximum Gasteiger partial charge on any atom is 0.167 e. The third-order valence-electron chi connectivity index (χ3n) is 1.83. The summed E-state index contributed by atoms with van der Waals surface area (Å²) in [5.74, 6) is 0. The van der Waals surface area contributed by atoms with E-state index in [1.807, 2.05) is 24.3 Å². The van der Waals surface area contributed by atoms with E-state index >= 15 is 0 Å². The molecule has 0 atom stereocenters. The van der Waals surface area contributed by atoms with Crippen molar-refractivity contribution in [2.45, 2.75) is 6.42 Å². The smallest absolute Gasteiger partial charge is 0.167 e. The largest absolute Gasteiger partial charge is 0.356 e. The zero-order valence-electron chi connectivity index (χ0n) is 6.66. The molecule has 1 aromatic carbocycles. The van der Waals surface area contributed by atoms with Crippen molar-refractivity contribution < 1.29 is 4.52 Å². The number of hydrogen-bond donors (Lipinski definition) is 1. The lowest BCUT2D eigenvalue weighted by Crippen LogP contribution is -2.02. The van der Waals surface area contributed by atoms with Crippen LogP contribution in [0.3, 0.4) is 0 Å². The Morgan fingerprint density at radius 3 is 3.00 bits per heavy atom. The molecule has 62 valence electrons. The van der Waals surface area contributed by atoms with E-state index in [9.17, 15) is 0 Å². The minimum absolute atomic E-state index is 0.608. The predicted molar refractivity (Wildman–Crippen MR) is 46.8 cm³/mol. The lowest BCUT2D eigenvalue weighted by molar-refractivity contribution is 0.446. The van der Waals surface area contributed by atoms with Gasteiger partial charge in [-0.05, 0) is 18.7 Å². The Bertz CT molecular complexity index is 381. The van der Waals surface area contributed by atoms with E-state index in [2.05, 4.69) is 5.16 Å². The van der Waals surface area contributed by atoms with E-state index in [0.29, 0.717) is 6.54 Å². The van der Waals surface area contributed by atoms with E-state index in [1.165, 1.54) is 0 Å². The van der Waals surface area contributed by atoms with Crippen LogP contribution in [-0.2, 0) is 6.42 Å². The summed E-state index contributed by atoms with van der Waals surface area (Å²) in [7, 11) is 0.